The molecular formula is C10H10Cl3NO. The Kier molecular flexibility index (Phi) is 3.02. The number of aromatic nitrogens is 1. The number of fused-ring (bicyclic) bond motifs is 1. The van der Waals surface area contributed by atoms with E-state index in [-0.39, 0.29) is 12.2 Å². The summed E-state index contributed by atoms with van der Waals surface area (Å²) in [7, 11) is 0. The van der Waals surface area contributed by atoms with Gasteiger partial charge < -0.3 is 4.98 Å². The van der Waals surface area contributed by atoms with Crippen LogP contribution in [0.25, 0.3) is 0 Å². The Bertz CT molecular complexity index is 392. The maximum Gasteiger partial charge on any atom is 0.194 e. The number of ketones is 1. The molecule has 1 aromatic rings. The summed E-state index contributed by atoms with van der Waals surface area (Å²) in [5.74, 6) is 0.154. The fraction of sp³-hybridized carbons (Fsp3) is 0.500. The summed E-state index contributed by atoms with van der Waals surface area (Å²) in [6, 6.07) is 0. The molecule has 0 bridgehead atoms. The van der Waals surface area contributed by atoms with Crippen molar-refractivity contribution in [3.63, 3.8) is 0 Å². The third-order valence-corrected chi connectivity index (χ3v) is 2.94. The van der Waals surface area contributed by atoms with Gasteiger partial charge in [0.2, 0.25) is 0 Å². The molecule has 0 atom stereocenters. The van der Waals surface area contributed by atoms with Crippen LogP contribution in [0.15, 0.2) is 6.20 Å². The minimum absolute atomic E-state index is 0.154. The molecule has 15 heavy (non-hydrogen) atoms. The standard InChI is InChI=1S/C10H10Cl3NO/c11-10(12,13)4-6-5-14-7-2-1-3-8(15)9(6)7/h5,14H,1-4H2. The molecule has 0 unspecified atom stereocenters. The summed E-state index contributed by atoms with van der Waals surface area (Å²) < 4.78 is -1.34. The lowest BCUT2D eigenvalue weighted by Gasteiger charge is -2.14. The second kappa shape index (κ2) is 4.00. The molecule has 0 saturated carbocycles. The van der Waals surface area contributed by atoms with Crippen LogP contribution < -0.4 is 0 Å². The fourth-order valence-electron chi connectivity index (χ4n) is 1.96. The predicted octanol–water partition coefficient (Wildman–Crippen LogP) is 3.45. The molecular weight excluding hydrogens is 256 g/mol. The van der Waals surface area contributed by atoms with Gasteiger partial charge in [-0.3, -0.25) is 4.79 Å². The number of aromatic amines is 1. The lowest BCUT2D eigenvalue weighted by molar-refractivity contribution is 0.0971. The third-order valence-electron chi connectivity index (χ3n) is 2.54. The van der Waals surface area contributed by atoms with Gasteiger partial charge in [-0.15, -0.1) is 0 Å². The number of H-pyrrole nitrogens is 1. The van der Waals surface area contributed by atoms with E-state index >= 15 is 0 Å². The summed E-state index contributed by atoms with van der Waals surface area (Å²) in [6.45, 7) is 0. The smallest absolute Gasteiger partial charge is 0.194 e. The Morgan fingerprint density at radius 2 is 2.07 bits per heavy atom. The molecule has 1 aromatic heterocycles. The molecule has 1 aliphatic carbocycles. The molecule has 5 heteroatoms. The van der Waals surface area contributed by atoms with Gasteiger partial charge in [0.15, 0.2) is 9.58 Å². The van der Waals surface area contributed by atoms with Crippen molar-refractivity contribution < 1.29 is 4.79 Å². The molecule has 0 aliphatic heterocycles. The normalized spacial score (nSPS) is 16.6. The van der Waals surface area contributed by atoms with Crippen LogP contribution in [0.4, 0.5) is 0 Å². The molecule has 0 saturated heterocycles. The quantitative estimate of drug-likeness (QED) is 0.776. The third kappa shape index (κ3) is 2.49. The van der Waals surface area contributed by atoms with Crippen LogP contribution in [-0.2, 0) is 12.8 Å². The van der Waals surface area contributed by atoms with Gasteiger partial charge in [-0.05, 0) is 18.4 Å². The Labute approximate surface area is 103 Å². The molecule has 2 rings (SSSR count). The second-order valence-corrected chi connectivity index (χ2v) is 6.25. The second-order valence-electron chi connectivity index (χ2n) is 3.74. The highest BCUT2D eigenvalue weighted by molar-refractivity contribution is 6.67. The minimum Gasteiger partial charge on any atom is -0.364 e. The van der Waals surface area contributed by atoms with Crippen molar-refractivity contribution >= 4 is 40.6 Å². The van der Waals surface area contributed by atoms with Crippen LogP contribution >= 0.6 is 34.8 Å². The van der Waals surface area contributed by atoms with Crippen LogP contribution in [0.2, 0.25) is 0 Å². The van der Waals surface area contributed by atoms with Crippen LogP contribution in [0.1, 0.15) is 34.5 Å². The van der Waals surface area contributed by atoms with Crippen molar-refractivity contribution in [1.29, 1.82) is 0 Å². The molecule has 0 radical (unpaired) electrons. The summed E-state index contributed by atoms with van der Waals surface area (Å²) in [6.07, 6.45) is 4.45. The summed E-state index contributed by atoms with van der Waals surface area (Å²) in [5.41, 5.74) is 2.54. The molecule has 0 fully saturated rings. The number of hydrogen-bond donors (Lipinski definition) is 1. The SMILES string of the molecule is O=C1CCCc2[nH]cc(CC(Cl)(Cl)Cl)c21. The zero-order valence-electron chi connectivity index (χ0n) is 7.95. The number of carbonyl (C=O) groups is 1. The van der Waals surface area contributed by atoms with Gasteiger partial charge in [0.25, 0.3) is 0 Å². The van der Waals surface area contributed by atoms with Crippen molar-refractivity contribution in [2.75, 3.05) is 0 Å². The number of halogens is 3. The Balaban J connectivity index is 2.34. The lowest BCUT2D eigenvalue weighted by Crippen LogP contribution is -2.14. The zero-order chi connectivity index (χ0) is 11.1. The maximum atomic E-state index is 11.7. The van der Waals surface area contributed by atoms with E-state index in [0.29, 0.717) is 6.42 Å². The molecule has 2 nitrogen and oxygen atoms in total. The minimum atomic E-state index is -1.34. The number of aryl methyl sites for hydroxylation is 1. The van der Waals surface area contributed by atoms with Gasteiger partial charge in [-0.1, -0.05) is 34.8 Å². The van der Waals surface area contributed by atoms with E-state index in [2.05, 4.69) is 4.98 Å². The van der Waals surface area contributed by atoms with E-state index in [0.717, 1.165) is 29.7 Å². The van der Waals surface area contributed by atoms with Crippen LogP contribution in [0, 0.1) is 0 Å². The lowest BCUT2D eigenvalue weighted by atomic mass is 9.93. The number of carbonyl (C=O) groups excluding carboxylic acids is 1. The van der Waals surface area contributed by atoms with E-state index in [1.165, 1.54) is 0 Å². The fourth-order valence-corrected chi connectivity index (χ4v) is 2.39. The van der Waals surface area contributed by atoms with Crippen molar-refractivity contribution in [3.05, 3.63) is 23.0 Å². The highest BCUT2D eigenvalue weighted by atomic mass is 35.6. The largest absolute Gasteiger partial charge is 0.364 e. The van der Waals surface area contributed by atoms with E-state index < -0.39 is 3.79 Å². The maximum absolute atomic E-state index is 11.7. The summed E-state index contributed by atoms with van der Waals surface area (Å²) in [4.78, 5) is 14.8. The molecule has 1 heterocycles. The average molecular weight is 267 g/mol. The molecule has 0 aromatic carbocycles. The van der Waals surface area contributed by atoms with Gasteiger partial charge in [0, 0.05) is 30.3 Å². The number of hydrogen-bond acceptors (Lipinski definition) is 1. The first-order valence-electron chi connectivity index (χ1n) is 4.76. The monoisotopic (exact) mass is 265 g/mol. The number of rotatable bonds is 1. The molecule has 1 N–H and O–H groups in total. The summed E-state index contributed by atoms with van der Waals surface area (Å²) in [5, 5.41) is 0. The van der Waals surface area contributed by atoms with Crippen LogP contribution in [0.5, 0.6) is 0 Å². The molecule has 0 amide bonds. The van der Waals surface area contributed by atoms with Crippen molar-refractivity contribution in [3.8, 4) is 0 Å². The molecule has 1 aliphatic rings. The first-order valence-corrected chi connectivity index (χ1v) is 5.90. The van der Waals surface area contributed by atoms with E-state index in [4.69, 9.17) is 34.8 Å². The first kappa shape index (κ1) is 11.3. The van der Waals surface area contributed by atoms with Gasteiger partial charge in [0.1, 0.15) is 0 Å². The number of alkyl halides is 3. The number of Topliss-reactive ketones (excluding diaryl/α,β-unsaturated/α-hetero) is 1. The van der Waals surface area contributed by atoms with Gasteiger partial charge in [-0.25, -0.2) is 0 Å². The molecule has 0 spiro atoms. The van der Waals surface area contributed by atoms with Crippen molar-refractivity contribution in [2.45, 2.75) is 29.5 Å². The van der Waals surface area contributed by atoms with E-state index in [1.54, 1.807) is 6.20 Å². The Morgan fingerprint density at radius 1 is 1.33 bits per heavy atom. The first-order chi connectivity index (χ1) is 6.97. The van der Waals surface area contributed by atoms with Gasteiger partial charge >= 0.3 is 0 Å². The highest BCUT2D eigenvalue weighted by Crippen LogP contribution is 2.34. The number of nitrogens with one attached hydrogen (secondary N) is 1. The van der Waals surface area contributed by atoms with Crippen molar-refractivity contribution in [2.24, 2.45) is 0 Å². The van der Waals surface area contributed by atoms with Gasteiger partial charge in [-0.2, -0.15) is 0 Å². The molecule has 82 valence electrons. The van der Waals surface area contributed by atoms with Crippen LogP contribution in [-0.4, -0.2) is 14.6 Å². The van der Waals surface area contributed by atoms with Crippen molar-refractivity contribution in [1.82, 2.24) is 4.98 Å². The predicted molar refractivity (Wildman–Crippen MR) is 62.1 cm³/mol. The topological polar surface area (TPSA) is 32.9 Å². The van der Waals surface area contributed by atoms with Crippen LogP contribution in [0.3, 0.4) is 0 Å². The Hall–Kier alpha value is -0.180. The van der Waals surface area contributed by atoms with E-state index in [1.807, 2.05) is 0 Å². The van der Waals surface area contributed by atoms with Gasteiger partial charge in [0.05, 0.1) is 0 Å². The average Bonchev–Trinajstić information content (AvgIpc) is 2.47. The van der Waals surface area contributed by atoms with E-state index in [9.17, 15) is 4.79 Å². The zero-order valence-corrected chi connectivity index (χ0v) is 10.2. The summed E-state index contributed by atoms with van der Waals surface area (Å²) >= 11 is 17.2. The Morgan fingerprint density at radius 3 is 2.73 bits per heavy atom. The highest BCUT2D eigenvalue weighted by Gasteiger charge is 2.28.